The Labute approximate surface area is 187 Å². The van der Waals surface area contributed by atoms with Gasteiger partial charge in [0.15, 0.2) is 6.61 Å². The smallest absolute Gasteiger partial charge is 0.262 e. The fourth-order valence-corrected chi connectivity index (χ4v) is 3.30. The summed E-state index contributed by atoms with van der Waals surface area (Å²) in [6.45, 7) is 4.28. The summed E-state index contributed by atoms with van der Waals surface area (Å²) in [6.07, 6.45) is 1.08. The van der Waals surface area contributed by atoms with Gasteiger partial charge in [0, 0.05) is 5.69 Å². The van der Waals surface area contributed by atoms with Crippen LogP contribution in [0.1, 0.15) is 31.7 Å². The first-order chi connectivity index (χ1) is 15.6. The molecule has 1 N–H and O–H groups in total. The van der Waals surface area contributed by atoms with Gasteiger partial charge in [-0.2, -0.15) is 4.80 Å². The molecule has 0 aliphatic carbocycles. The predicted octanol–water partition coefficient (Wildman–Crippen LogP) is 4.96. The summed E-state index contributed by atoms with van der Waals surface area (Å²) in [5.74, 6) is 1.71. The Morgan fingerprint density at radius 2 is 1.66 bits per heavy atom. The molecule has 1 atom stereocenters. The van der Waals surface area contributed by atoms with E-state index in [-0.39, 0.29) is 12.5 Å². The second kappa shape index (κ2) is 9.51. The molecule has 164 valence electrons. The van der Waals surface area contributed by atoms with Crippen LogP contribution in [0.4, 0.5) is 5.69 Å². The Bertz CT molecular complexity index is 1200. The molecule has 0 saturated heterocycles. The van der Waals surface area contributed by atoms with Gasteiger partial charge in [-0.05, 0) is 72.5 Å². The van der Waals surface area contributed by atoms with Crippen molar-refractivity contribution in [3.63, 3.8) is 0 Å². The summed E-state index contributed by atoms with van der Waals surface area (Å²) in [7, 11) is 1.62. The van der Waals surface area contributed by atoms with Crippen LogP contribution in [-0.2, 0) is 4.79 Å². The van der Waals surface area contributed by atoms with Crippen molar-refractivity contribution in [2.75, 3.05) is 19.0 Å². The lowest BCUT2D eigenvalue weighted by Gasteiger charge is -2.11. The molecule has 4 rings (SSSR count). The molecule has 0 fully saturated rings. The molecule has 4 aromatic rings. The molecule has 0 saturated carbocycles. The summed E-state index contributed by atoms with van der Waals surface area (Å²) in [6, 6.07) is 20.8. The van der Waals surface area contributed by atoms with E-state index in [9.17, 15) is 4.79 Å². The zero-order valence-electron chi connectivity index (χ0n) is 18.4. The summed E-state index contributed by atoms with van der Waals surface area (Å²) < 4.78 is 10.8. The second-order valence-electron chi connectivity index (χ2n) is 7.61. The van der Waals surface area contributed by atoms with E-state index in [4.69, 9.17) is 9.47 Å². The Morgan fingerprint density at radius 3 is 2.34 bits per heavy atom. The number of rotatable bonds is 8. The number of hydrogen-bond acceptors (Lipinski definition) is 5. The largest absolute Gasteiger partial charge is 0.497 e. The number of hydrogen-bond donors (Lipinski definition) is 1. The minimum Gasteiger partial charge on any atom is -0.497 e. The van der Waals surface area contributed by atoms with Crippen LogP contribution in [-0.4, -0.2) is 34.6 Å². The van der Waals surface area contributed by atoms with Gasteiger partial charge in [-0.15, -0.1) is 10.2 Å². The minimum absolute atomic E-state index is 0.0702. The molecule has 0 bridgehead atoms. The molecule has 0 radical (unpaired) electrons. The highest BCUT2D eigenvalue weighted by Crippen LogP contribution is 2.22. The maximum Gasteiger partial charge on any atom is 0.262 e. The molecule has 7 nitrogen and oxygen atoms in total. The summed E-state index contributed by atoms with van der Waals surface area (Å²) in [4.78, 5) is 13.9. The molecule has 3 aromatic carbocycles. The number of nitrogens with zero attached hydrogens (tertiary/aromatic N) is 3. The molecular weight excluding hydrogens is 404 g/mol. The van der Waals surface area contributed by atoms with Crippen LogP contribution in [0.5, 0.6) is 11.5 Å². The average molecular weight is 431 g/mol. The van der Waals surface area contributed by atoms with E-state index >= 15 is 0 Å². The first kappa shape index (κ1) is 21.4. The predicted molar refractivity (Wildman–Crippen MR) is 125 cm³/mol. The third-order valence-electron chi connectivity index (χ3n) is 5.40. The Morgan fingerprint density at radius 1 is 0.969 bits per heavy atom. The van der Waals surface area contributed by atoms with E-state index in [1.165, 1.54) is 5.56 Å². The van der Waals surface area contributed by atoms with Crippen LogP contribution >= 0.6 is 0 Å². The lowest BCUT2D eigenvalue weighted by molar-refractivity contribution is -0.118. The molecule has 7 heteroatoms. The van der Waals surface area contributed by atoms with Crippen molar-refractivity contribution in [3.05, 3.63) is 72.3 Å². The molecule has 0 aliphatic heterocycles. The van der Waals surface area contributed by atoms with Crippen molar-refractivity contribution in [2.45, 2.75) is 26.2 Å². The first-order valence-corrected chi connectivity index (χ1v) is 10.6. The number of nitrogens with one attached hydrogen (secondary N) is 1. The molecule has 1 aromatic heterocycles. The van der Waals surface area contributed by atoms with E-state index in [2.05, 4.69) is 29.4 Å². The normalized spacial score (nSPS) is 11.8. The lowest BCUT2D eigenvalue weighted by Crippen LogP contribution is -2.20. The number of anilines is 1. The van der Waals surface area contributed by atoms with E-state index in [1.54, 1.807) is 24.0 Å². The van der Waals surface area contributed by atoms with E-state index in [1.807, 2.05) is 54.6 Å². The standard InChI is InChI=1S/C25H26N4O3/c1-4-17(2)18-5-10-22(11-6-18)32-16-25(30)26-19-7-14-23-24(15-19)28-29(27-23)20-8-12-21(31-3)13-9-20/h5-15,17H,4,16H2,1-3H3,(H,26,30)/t17-/m1/s1. The van der Waals surface area contributed by atoms with Crippen molar-refractivity contribution < 1.29 is 14.3 Å². The Balaban J connectivity index is 1.38. The van der Waals surface area contributed by atoms with Crippen LogP contribution < -0.4 is 14.8 Å². The monoisotopic (exact) mass is 430 g/mol. The van der Waals surface area contributed by atoms with Crippen molar-refractivity contribution >= 4 is 22.6 Å². The number of carbonyl (C=O) groups excluding carboxylic acids is 1. The van der Waals surface area contributed by atoms with Crippen molar-refractivity contribution in [3.8, 4) is 17.2 Å². The van der Waals surface area contributed by atoms with Crippen molar-refractivity contribution in [2.24, 2.45) is 0 Å². The maximum absolute atomic E-state index is 12.3. The van der Waals surface area contributed by atoms with Crippen molar-refractivity contribution in [1.29, 1.82) is 0 Å². The van der Waals surface area contributed by atoms with Crippen LogP contribution in [0.3, 0.4) is 0 Å². The molecule has 32 heavy (non-hydrogen) atoms. The number of carbonyl (C=O) groups is 1. The fourth-order valence-electron chi connectivity index (χ4n) is 3.30. The lowest BCUT2D eigenvalue weighted by atomic mass is 9.99. The number of methoxy groups -OCH3 is 1. The highest BCUT2D eigenvalue weighted by atomic mass is 16.5. The summed E-state index contributed by atoms with van der Waals surface area (Å²) in [5.41, 5.74) is 4.14. The number of fused-ring (bicyclic) bond motifs is 1. The number of aromatic nitrogens is 3. The van der Waals surface area contributed by atoms with Gasteiger partial charge in [0.05, 0.1) is 12.8 Å². The van der Waals surface area contributed by atoms with Crippen LogP contribution in [0, 0.1) is 0 Å². The first-order valence-electron chi connectivity index (χ1n) is 10.6. The Hall–Kier alpha value is -3.87. The van der Waals surface area contributed by atoms with Gasteiger partial charge < -0.3 is 14.8 Å². The van der Waals surface area contributed by atoms with Gasteiger partial charge in [0.2, 0.25) is 0 Å². The van der Waals surface area contributed by atoms with Crippen LogP contribution in [0.15, 0.2) is 66.7 Å². The molecule has 0 aliphatic rings. The van der Waals surface area contributed by atoms with Gasteiger partial charge in [-0.25, -0.2) is 0 Å². The second-order valence-corrected chi connectivity index (χ2v) is 7.61. The van der Waals surface area contributed by atoms with Gasteiger partial charge in [0.1, 0.15) is 22.5 Å². The molecule has 0 unspecified atom stereocenters. The van der Waals surface area contributed by atoms with Gasteiger partial charge >= 0.3 is 0 Å². The number of ether oxygens (including phenoxy) is 2. The fraction of sp³-hybridized carbons (Fsp3) is 0.240. The summed E-state index contributed by atoms with van der Waals surface area (Å²) in [5, 5.41) is 11.8. The van der Waals surface area contributed by atoms with Crippen LogP contribution in [0.25, 0.3) is 16.7 Å². The SMILES string of the molecule is CC[C@@H](C)c1ccc(OCC(=O)Nc2ccc3nn(-c4ccc(OC)cc4)nc3c2)cc1. The third kappa shape index (κ3) is 4.88. The maximum atomic E-state index is 12.3. The zero-order valence-corrected chi connectivity index (χ0v) is 18.4. The average Bonchev–Trinajstić information content (AvgIpc) is 3.26. The van der Waals surface area contributed by atoms with E-state index in [0.717, 1.165) is 23.4 Å². The molecule has 0 spiro atoms. The Kier molecular flexibility index (Phi) is 6.35. The van der Waals surface area contributed by atoms with Gasteiger partial charge in [0.25, 0.3) is 5.91 Å². The van der Waals surface area contributed by atoms with Gasteiger partial charge in [-0.3, -0.25) is 4.79 Å². The highest BCUT2D eigenvalue weighted by molar-refractivity contribution is 5.93. The van der Waals surface area contributed by atoms with Crippen molar-refractivity contribution in [1.82, 2.24) is 15.0 Å². The molecule has 1 heterocycles. The minimum atomic E-state index is -0.238. The number of amides is 1. The third-order valence-corrected chi connectivity index (χ3v) is 5.40. The highest BCUT2D eigenvalue weighted by Gasteiger charge is 2.09. The summed E-state index contributed by atoms with van der Waals surface area (Å²) >= 11 is 0. The van der Waals surface area contributed by atoms with E-state index < -0.39 is 0 Å². The van der Waals surface area contributed by atoms with Crippen LogP contribution in [0.2, 0.25) is 0 Å². The van der Waals surface area contributed by atoms with E-state index in [0.29, 0.717) is 22.9 Å². The topological polar surface area (TPSA) is 78.3 Å². The zero-order chi connectivity index (χ0) is 22.5. The van der Waals surface area contributed by atoms with Gasteiger partial charge in [-0.1, -0.05) is 26.0 Å². The molecule has 1 amide bonds. The number of benzene rings is 3. The molecular formula is C25H26N4O3. The quantitative estimate of drug-likeness (QED) is 0.427.